The zero-order chi connectivity index (χ0) is 14.4. The van der Waals surface area contributed by atoms with E-state index in [1.165, 1.54) is 12.8 Å². The number of benzene rings is 1. The van der Waals surface area contributed by atoms with Crippen molar-refractivity contribution in [3.05, 3.63) is 24.3 Å². The van der Waals surface area contributed by atoms with Crippen LogP contribution in [0.25, 0.3) is 0 Å². The maximum absolute atomic E-state index is 12.4. The average Bonchev–Trinajstić information content (AvgIpc) is 2.75. The normalized spacial score (nSPS) is 17.2. The Morgan fingerprint density at radius 3 is 2.45 bits per heavy atom. The van der Waals surface area contributed by atoms with Crippen LogP contribution in [0.2, 0.25) is 0 Å². The predicted molar refractivity (Wildman–Crippen MR) is 78.1 cm³/mol. The van der Waals surface area contributed by atoms with Crippen LogP contribution in [0.1, 0.15) is 32.6 Å². The Labute approximate surface area is 120 Å². The molecule has 1 fully saturated rings. The number of hydrogen-bond acceptors (Lipinski definition) is 3. The van der Waals surface area contributed by atoms with Crippen molar-refractivity contribution in [3.8, 4) is 11.5 Å². The highest BCUT2D eigenvalue weighted by Crippen LogP contribution is 2.21. The number of methoxy groups -OCH3 is 1. The number of carbonyl (C=O) groups is 1. The first kappa shape index (κ1) is 14.7. The number of carbonyl (C=O) groups excluding carboxylic acids is 1. The van der Waals surface area contributed by atoms with E-state index in [0.29, 0.717) is 5.75 Å². The number of ether oxygens (including phenoxy) is 2. The molecule has 0 unspecified atom stereocenters. The quantitative estimate of drug-likeness (QED) is 0.849. The molecule has 1 aliphatic heterocycles. The Hall–Kier alpha value is -1.71. The Morgan fingerprint density at radius 1 is 1.15 bits per heavy atom. The standard InChI is InChI=1S/C16H23NO3/c1-13(16(18)17-10-5-3-4-6-11-17)20-15-9-7-8-14(12-15)19-2/h7-9,12-13H,3-6,10-11H2,1-2H3/t13-/m0/s1. The van der Waals surface area contributed by atoms with Crippen LogP contribution in [-0.2, 0) is 4.79 Å². The van der Waals surface area contributed by atoms with Crippen LogP contribution in [0.4, 0.5) is 0 Å². The summed E-state index contributed by atoms with van der Waals surface area (Å²) in [6.07, 6.45) is 4.17. The molecule has 4 nitrogen and oxygen atoms in total. The molecule has 1 aliphatic rings. The van der Waals surface area contributed by atoms with E-state index in [1.807, 2.05) is 30.0 Å². The minimum atomic E-state index is -0.458. The van der Waals surface area contributed by atoms with E-state index in [4.69, 9.17) is 9.47 Å². The van der Waals surface area contributed by atoms with E-state index >= 15 is 0 Å². The molecule has 4 heteroatoms. The lowest BCUT2D eigenvalue weighted by Crippen LogP contribution is -2.40. The van der Waals surface area contributed by atoms with Crippen LogP contribution in [0.5, 0.6) is 11.5 Å². The fourth-order valence-corrected chi connectivity index (χ4v) is 2.48. The second-order valence-electron chi connectivity index (χ2n) is 5.18. The number of likely N-dealkylation sites (tertiary alicyclic amines) is 1. The van der Waals surface area contributed by atoms with E-state index < -0.39 is 6.10 Å². The molecular formula is C16H23NO3. The van der Waals surface area contributed by atoms with Crippen LogP contribution in [0, 0.1) is 0 Å². The van der Waals surface area contributed by atoms with Gasteiger partial charge >= 0.3 is 0 Å². The molecule has 0 N–H and O–H groups in total. The SMILES string of the molecule is COc1cccc(O[C@@H](C)C(=O)N2CCCCCC2)c1. The summed E-state index contributed by atoms with van der Waals surface area (Å²) in [4.78, 5) is 14.3. The number of amides is 1. The molecule has 1 saturated heterocycles. The predicted octanol–water partition coefficient (Wildman–Crippen LogP) is 2.87. The van der Waals surface area contributed by atoms with Crippen molar-refractivity contribution >= 4 is 5.91 Å². The van der Waals surface area contributed by atoms with Crippen molar-refractivity contribution in [2.45, 2.75) is 38.7 Å². The summed E-state index contributed by atoms with van der Waals surface area (Å²) < 4.78 is 10.9. The minimum Gasteiger partial charge on any atom is -0.497 e. The topological polar surface area (TPSA) is 38.8 Å². The first-order valence-electron chi connectivity index (χ1n) is 7.30. The molecule has 1 aromatic carbocycles. The lowest BCUT2D eigenvalue weighted by atomic mass is 10.2. The second kappa shape index (κ2) is 7.17. The van der Waals surface area contributed by atoms with Crippen molar-refractivity contribution in [1.82, 2.24) is 4.90 Å². The van der Waals surface area contributed by atoms with Gasteiger partial charge in [-0.2, -0.15) is 0 Å². The fraction of sp³-hybridized carbons (Fsp3) is 0.562. The third-order valence-corrected chi connectivity index (χ3v) is 3.62. The highest BCUT2D eigenvalue weighted by Gasteiger charge is 2.22. The van der Waals surface area contributed by atoms with Crippen LogP contribution < -0.4 is 9.47 Å². The highest BCUT2D eigenvalue weighted by molar-refractivity contribution is 5.80. The molecule has 0 spiro atoms. The van der Waals surface area contributed by atoms with E-state index in [0.717, 1.165) is 31.7 Å². The largest absolute Gasteiger partial charge is 0.497 e. The number of hydrogen-bond donors (Lipinski definition) is 0. The molecule has 0 radical (unpaired) electrons. The van der Waals surface area contributed by atoms with Crippen molar-refractivity contribution < 1.29 is 14.3 Å². The smallest absolute Gasteiger partial charge is 0.263 e. The number of nitrogens with zero attached hydrogens (tertiary/aromatic N) is 1. The van der Waals surface area contributed by atoms with Crippen molar-refractivity contribution in [3.63, 3.8) is 0 Å². The third kappa shape index (κ3) is 3.89. The molecule has 0 saturated carbocycles. The van der Waals surface area contributed by atoms with Crippen molar-refractivity contribution in [1.29, 1.82) is 0 Å². The zero-order valence-corrected chi connectivity index (χ0v) is 12.3. The second-order valence-corrected chi connectivity index (χ2v) is 5.18. The van der Waals surface area contributed by atoms with Gasteiger partial charge in [-0.15, -0.1) is 0 Å². The average molecular weight is 277 g/mol. The molecule has 0 aliphatic carbocycles. The fourth-order valence-electron chi connectivity index (χ4n) is 2.48. The molecule has 20 heavy (non-hydrogen) atoms. The monoisotopic (exact) mass is 277 g/mol. The van der Waals surface area contributed by atoms with Gasteiger partial charge in [-0.05, 0) is 31.9 Å². The van der Waals surface area contributed by atoms with Gasteiger partial charge in [-0.3, -0.25) is 4.79 Å². The summed E-state index contributed by atoms with van der Waals surface area (Å²) in [6.45, 7) is 3.52. The lowest BCUT2D eigenvalue weighted by molar-refractivity contribution is -0.137. The molecule has 1 amide bonds. The summed E-state index contributed by atoms with van der Waals surface area (Å²) in [5.41, 5.74) is 0. The van der Waals surface area contributed by atoms with Gasteiger partial charge in [0, 0.05) is 19.2 Å². The van der Waals surface area contributed by atoms with Crippen LogP contribution in [0.3, 0.4) is 0 Å². The van der Waals surface area contributed by atoms with E-state index in [1.54, 1.807) is 13.2 Å². The summed E-state index contributed by atoms with van der Waals surface area (Å²) in [7, 11) is 1.62. The zero-order valence-electron chi connectivity index (χ0n) is 12.3. The molecule has 1 atom stereocenters. The van der Waals surface area contributed by atoms with Gasteiger partial charge in [0.15, 0.2) is 6.10 Å². The Kier molecular flexibility index (Phi) is 5.27. The Morgan fingerprint density at radius 2 is 1.80 bits per heavy atom. The number of rotatable bonds is 4. The van der Waals surface area contributed by atoms with Gasteiger partial charge in [0.2, 0.25) is 0 Å². The summed E-state index contributed by atoms with van der Waals surface area (Å²) in [5, 5.41) is 0. The molecule has 110 valence electrons. The van der Waals surface area contributed by atoms with Gasteiger partial charge in [0.1, 0.15) is 11.5 Å². The molecule has 0 aromatic heterocycles. The van der Waals surface area contributed by atoms with Crippen LogP contribution >= 0.6 is 0 Å². The molecule has 2 rings (SSSR count). The van der Waals surface area contributed by atoms with E-state index in [2.05, 4.69) is 0 Å². The molecular weight excluding hydrogens is 254 g/mol. The first-order valence-corrected chi connectivity index (χ1v) is 7.30. The highest BCUT2D eigenvalue weighted by atomic mass is 16.5. The molecule has 0 bridgehead atoms. The maximum Gasteiger partial charge on any atom is 0.263 e. The van der Waals surface area contributed by atoms with Crippen LogP contribution in [-0.4, -0.2) is 37.1 Å². The van der Waals surface area contributed by atoms with Gasteiger partial charge in [-0.1, -0.05) is 18.9 Å². The van der Waals surface area contributed by atoms with Gasteiger partial charge in [0.25, 0.3) is 5.91 Å². The van der Waals surface area contributed by atoms with E-state index in [-0.39, 0.29) is 5.91 Å². The Balaban J connectivity index is 1.95. The summed E-state index contributed by atoms with van der Waals surface area (Å²) in [5.74, 6) is 1.48. The van der Waals surface area contributed by atoms with E-state index in [9.17, 15) is 4.79 Å². The first-order chi connectivity index (χ1) is 9.70. The molecule has 1 aromatic rings. The minimum absolute atomic E-state index is 0.0784. The lowest BCUT2D eigenvalue weighted by Gasteiger charge is -2.24. The molecule has 1 heterocycles. The van der Waals surface area contributed by atoms with Crippen molar-refractivity contribution in [2.24, 2.45) is 0 Å². The van der Waals surface area contributed by atoms with Gasteiger partial charge < -0.3 is 14.4 Å². The van der Waals surface area contributed by atoms with Crippen LogP contribution in [0.15, 0.2) is 24.3 Å². The van der Waals surface area contributed by atoms with Gasteiger partial charge in [-0.25, -0.2) is 0 Å². The van der Waals surface area contributed by atoms with Crippen molar-refractivity contribution in [2.75, 3.05) is 20.2 Å². The Bertz CT molecular complexity index is 439. The maximum atomic E-state index is 12.4. The summed E-state index contributed by atoms with van der Waals surface area (Å²) >= 11 is 0. The van der Waals surface area contributed by atoms with Gasteiger partial charge in [0.05, 0.1) is 7.11 Å². The summed E-state index contributed by atoms with van der Waals surface area (Å²) in [6, 6.07) is 7.35. The third-order valence-electron chi connectivity index (χ3n) is 3.62.